The van der Waals surface area contributed by atoms with Gasteiger partial charge in [-0.25, -0.2) is 4.98 Å². The number of aryl methyl sites for hydroxylation is 1. The number of aromatic nitrogens is 2. The average molecular weight is 287 g/mol. The van der Waals surface area contributed by atoms with Crippen molar-refractivity contribution in [1.29, 1.82) is 0 Å². The summed E-state index contributed by atoms with van der Waals surface area (Å²) in [5, 5.41) is 3.52. The molecule has 0 aliphatic carbocycles. The van der Waals surface area contributed by atoms with Crippen LogP contribution in [0.3, 0.4) is 0 Å². The number of imidazole rings is 1. The first-order chi connectivity index (χ1) is 10.2. The summed E-state index contributed by atoms with van der Waals surface area (Å²) < 4.78 is 2.18. The third-order valence-corrected chi connectivity index (χ3v) is 4.36. The smallest absolute Gasteiger partial charge is 0.123 e. The Morgan fingerprint density at radius 3 is 2.62 bits per heavy atom. The SMILES string of the molecule is CN1CCN(CCNCc2nc3ccccc3n2C)CC1. The van der Waals surface area contributed by atoms with E-state index in [0.29, 0.717) is 0 Å². The molecule has 3 rings (SSSR count). The Hall–Kier alpha value is -1.43. The Bertz CT molecular complexity index is 583. The Labute approximate surface area is 126 Å². The summed E-state index contributed by atoms with van der Waals surface area (Å²) in [6, 6.07) is 8.30. The van der Waals surface area contributed by atoms with Gasteiger partial charge in [-0.1, -0.05) is 12.1 Å². The van der Waals surface area contributed by atoms with Crippen molar-refractivity contribution in [2.24, 2.45) is 7.05 Å². The molecule has 2 heterocycles. The van der Waals surface area contributed by atoms with Crippen LogP contribution in [0, 0.1) is 0 Å². The zero-order valence-electron chi connectivity index (χ0n) is 13.0. The molecule has 0 radical (unpaired) electrons. The lowest BCUT2D eigenvalue weighted by molar-refractivity contribution is 0.154. The van der Waals surface area contributed by atoms with E-state index in [1.807, 2.05) is 6.07 Å². The lowest BCUT2D eigenvalue weighted by Gasteiger charge is -2.32. The topological polar surface area (TPSA) is 36.3 Å². The molecule has 5 heteroatoms. The molecule has 1 aliphatic heterocycles. The van der Waals surface area contributed by atoms with Crippen LogP contribution < -0.4 is 5.32 Å². The van der Waals surface area contributed by atoms with Crippen molar-refractivity contribution in [1.82, 2.24) is 24.7 Å². The first-order valence-electron chi connectivity index (χ1n) is 7.76. The number of piperazine rings is 1. The fourth-order valence-corrected chi connectivity index (χ4v) is 2.86. The fourth-order valence-electron chi connectivity index (χ4n) is 2.86. The van der Waals surface area contributed by atoms with Crippen LogP contribution in [0.1, 0.15) is 5.82 Å². The number of hydrogen-bond acceptors (Lipinski definition) is 4. The maximum atomic E-state index is 4.69. The number of rotatable bonds is 5. The molecule has 0 unspecified atom stereocenters. The Morgan fingerprint density at radius 1 is 1.10 bits per heavy atom. The summed E-state index contributed by atoms with van der Waals surface area (Å²) in [6.45, 7) is 7.72. The predicted molar refractivity (Wildman–Crippen MR) is 86.4 cm³/mol. The Balaban J connectivity index is 1.47. The Morgan fingerprint density at radius 2 is 1.86 bits per heavy atom. The summed E-state index contributed by atoms with van der Waals surface area (Å²) >= 11 is 0. The number of benzene rings is 1. The third-order valence-electron chi connectivity index (χ3n) is 4.36. The highest BCUT2D eigenvalue weighted by atomic mass is 15.2. The van der Waals surface area contributed by atoms with Crippen molar-refractivity contribution >= 4 is 11.0 Å². The van der Waals surface area contributed by atoms with Crippen LogP contribution in [-0.4, -0.2) is 65.7 Å². The molecule has 21 heavy (non-hydrogen) atoms. The van der Waals surface area contributed by atoms with Gasteiger partial charge in [0.25, 0.3) is 0 Å². The van der Waals surface area contributed by atoms with Gasteiger partial charge in [-0.2, -0.15) is 0 Å². The van der Waals surface area contributed by atoms with Crippen molar-refractivity contribution in [2.75, 3.05) is 46.3 Å². The fraction of sp³-hybridized carbons (Fsp3) is 0.562. The number of hydrogen-bond donors (Lipinski definition) is 1. The number of nitrogens with zero attached hydrogens (tertiary/aromatic N) is 4. The second kappa shape index (κ2) is 6.56. The molecule has 0 spiro atoms. The maximum Gasteiger partial charge on any atom is 0.123 e. The van der Waals surface area contributed by atoms with Crippen molar-refractivity contribution in [3.8, 4) is 0 Å². The molecule has 2 aromatic rings. The Kier molecular flexibility index (Phi) is 4.53. The van der Waals surface area contributed by atoms with E-state index in [0.717, 1.165) is 31.0 Å². The number of para-hydroxylation sites is 2. The van der Waals surface area contributed by atoms with Crippen LogP contribution in [0.15, 0.2) is 24.3 Å². The van der Waals surface area contributed by atoms with Gasteiger partial charge >= 0.3 is 0 Å². The molecule has 1 aromatic carbocycles. The summed E-state index contributed by atoms with van der Waals surface area (Å²) in [5.41, 5.74) is 2.28. The van der Waals surface area contributed by atoms with E-state index in [9.17, 15) is 0 Å². The third kappa shape index (κ3) is 3.43. The molecule has 0 bridgehead atoms. The minimum Gasteiger partial charge on any atom is -0.330 e. The summed E-state index contributed by atoms with van der Waals surface area (Å²) in [6.07, 6.45) is 0. The average Bonchev–Trinajstić information content (AvgIpc) is 2.82. The lowest BCUT2D eigenvalue weighted by Crippen LogP contribution is -2.46. The molecular formula is C16H25N5. The van der Waals surface area contributed by atoms with E-state index in [2.05, 4.69) is 57.0 Å². The zero-order valence-corrected chi connectivity index (χ0v) is 13.0. The number of fused-ring (bicyclic) bond motifs is 1. The second-order valence-corrected chi connectivity index (χ2v) is 5.90. The first-order valence-corrected chi connectivity index (χ1v) is 7.76. The normalized spacial score (nSPS) is 17.6. The molecule has 0 saturated carbocycles. The molecule has 5 nitrogen and oxygen atoms in total. The highest BCUT2D eigenvalue weighted by Crippen LogP contribution is 2.13. The number of likely N-dealkylation sites (N-methyl/N-ethyl adjacent to an activating group) is 1. The standard InChI is InChI=1S/C16H25N5/c1-19-9-11-21(12-10-19)8-7-17-13-16-18-14-5-3-4-6-15(14)20(16)2/h3-6,17H,7-13H2,1-2H3. The van der Waals surface area contributed by atoms with Gasteiger partial charge in [-0.05, 0) is 19.2 Å². The van der Waals surface area contributed by atoms with E-state index < -0.39 is 0 Å². The van der Waals surface area contributed by atoms with Crippen molar-refractivity contribution < 1.29 is 0 Å². The minimum atomic E-state index is 0.832. The molecular weight excluding hydrogens is 262 g/mol. The van der Waals surface area contributed by atoms with Crippen LogP contribution in [0.4, 0.5) is 0 Å². The summed E-state index contributed by atoms with van der Waals surface area (Å²) in [7, 11) is 4.29. The zero-order chi connectivity index (χ0) is 14.7. The van der Waals surface area contributed by atoms with Gasteiger partial charge in [0.2, 0.25) is 0 Å². The van der Waals surface area contributed by atoms with Crippen LogP contribution in [0.2, 0.25) is 0 Å². The second-order valence-electron chi connectivity index (χ2n) is 5.90. The number of nitrogens with one attached hydrogen (secondary N) is 1. The maximum absolute atomic E-state index is 4.69. The summed E-state index contributed by atoms with van der Waals surface area (Å²) in [4.78, 5) is 9.61. The molecule has 1 aromatic heterocycles. The van der Waals surface area contributed by atoms with Crippen LogP contribution in [0.5, 0.6) is 0 Å². The van der Waals surface area contributed by atoms with E-state index in [-0.39, 0.29) is 0 Å². The van der Waals surface area contributed by atoms with Gasteiger partial charge in [-0.15, -0.1) is 0 Å². The first kappa shape index (κ1) is 14.5. The lowest BCUT2D eigenvalue weighted by atomic mass is 10.3. The van der Waals surface area contributed by atoms with Gasteiger partial charge in [0.05, 0.1) is 17.6 Å². The monoisotopic (exact) mass is 287 g/mol. The molecule has 1 N–H and O–H groups in total. The highest BCUT2D eigenvalue weighted by molar-refractivity contribution is 5.75. The molecule has 1 fully saturated rings. The van der Waals surface area contributed by atoms with Gasteiger partial charge in [-0.3, -0.25) is 4.90 Å². The largest absolute Gasteiger partial charge is 0.330 e. The van der Waals surface area contributed by atoms with Gasteiger partial charge < -0.3 is 14.8 Å². The van der Waals surface area contributed by atoms with E-state index in [1.54, 1.807) is 0 Å². The van der Waals surface area contributed by atoms with Crippen LogP contribution in [0.25, 0.3) is 11.0 Å². The van der Waals surface area contributed by atoms with Crippen LogP contribution in [-0.2, 0) is 13.6 Å². The van der Waals surface area contributed by atoms with Crippen LogP contribution >= 0.6 is 0 Å². The van der Waals surface area contributed by atoms with Crippen molar-refractivity contribution in [3.05, 3.63) is 30.1 Å². The van der Waals surface area contributed by atoms with Crippen molar-refractivity contribution in [2.45, 2.75) is 6.54 Å². The van der Waals surface area contributed by atoms with E-state index in [1.165, 1.54) is 31.7 Å². The quantitative estimate of drug-likeness (QED) is 0.829. The van der Waals surface area contributed by atoms with E-state index in [4.69, 9.17) is 0 Å². The van der Waals surface area contributed by atoms with Gasteiger partial charge in [0, 0.05) is 46.3 Å². The highest BCUT2D eigenvalue weighted by Gasteiger charge is 2.13. The van der Waals surface area contributed by atoms with Gasteiger partial charge in [0.1, 0.15) is 5.82 Å². The predicted octanol–water partition coefficient (Wildman–Crippen LogP) is 0.910. The van der Waals surface area contributed by atoms with Crippen molar-refractivity contribution in [3.63, 3.8) is 0 Å². The molecule has 0 amide bonds. The molecule has 1 saturated heterocycles. The van der Waals surface area contributed by atoms with Gasteiger partial charge in [0.15, 0.2) is 0 Å². The summed E-state index contributed by atoms with van der Waals surface area (Å²) in [5.74, 6) is 1.11. The molecule has 114 valence electrons. The molecule has 1 aliphatic rings. The van der Waals surface area contributed by atoms with E-state index >= 15 is 0 Å². The minimum absolute atomic E-state index is 0.832. The molecule has 0 atom stereocenters.